The van der Waals surface area contributed by atoms with Crippen LogP contribution in [0.1, 0.15) is 23.2 Å². The predicted octanol–water partition coefficient (Wildman–Crippen LogP) is 0.138. The smallest absolute Gasteiger partial charge is 0.276 e. The fraction of sp³-hybridized carbons (Fsp3) is 0.714. The quantitative estimate of drug-likeness (QED) is 0.804. The molecule has 0 radical (unpaired) electrons. The van der Waals surface area contributed by atoms with E-state index in [-0.39, 0.29) is 5.91 Å². The largest absolute Gasteiger partial charge is 0.389 e. The standard InChI is InChI=1S/C14H23N3O4/c1-3-20-10-12(18)9-16-4-6-17(7-5-16)14(19)13-8-11(2)21-15-13/h8,12,18H,3-7,9-10H2,1-2H3/t12-/m0/s1. The minimum Gasteiger partial charge on any atom is -0.389 e. The summed E-state index contributed by atoms with van der Waals surface area (Å²) in [7, 11) is 0. The number of aryl methyl sites for hydroxylation is 1. The molecule has 0 aromatic carbocycles. The summed E-state index contributed by atoms with van der Waals surface area (Å²) < 4.78 is 10.1. The van der Waals surface area contributed by atoms with Gasteiger partial charge in [0.1, 0.15) is 5.76 Å². The molecule has 1 N–H and O–H groups in total. The number of hydrogen-bond acceptors (Lipinski definition) is 6. The molecule has 2 rings (SSSR count). The number of β-amino-alcohol motifs (C(OH)–C–C–N with tert-alkyl or cyclic N) is 1. The maximum Gasteiger partial charge on any atom is 0.276 e. The number of aliphatic hydroxyl groups excluding tert-OH is 1. The summed E-state index contributed by atoms with van der Waals surface area (Å²) in [6.07, 6.45) is -0.481. The average molecular weight is 297 g/mol. The van der Waals surface area contributed by atoms with Gasteiger partial charge in [-0.25, -0.2) is 0 Å². The van der Waals surface area contributed by atoms with Crippen molar-refractivity contribution in [3.05, 3.63) is 17.5 Å². The molecule has 1 saturated heterocycles. The first-order valence-corrected chi connectivity index (χ1v) is 7.31. The van der Waals surface area contributed by atoms with E-state index in [9.17, 15) is 9.90 Å². The summed E-state index contributed by atoms with van der Waals surface area (Å²) in [6, 6.07) is 1.65. The van der Waals surface area contributed by atoms with Crippen LogP contribution in [-0.2, 0) is 4.74 Å². The Morgan fingerprint density at radius 2 is 2.19 bits per heavy atom. The van der Waals surface area contributed by atoms with Crippen LogP contribution in [-0.4, -0.2) is 78.0 Å². The zero-order valence-electron chi connectivity index (χ0n) is 12.6. The summed E-state index contributed by atoms with van der Waals surface area (Å²) >= 11 is 0. The molecule has 0 spiro atoms. The Morgan fingerprint density at radius 1 is 1.48 bits per heavy atom. The van der Waals surface area contributed by atoms with Gasteiger partial charge >= 0.3 is 0 Å². The van der Waals surface area contributed by atoms with Gasteiger partial charge in [0.05, 0.1) is 12.7 Å². The number of aliphatic hydroxyl groups is 1. The molecular weight excluding hydrogens is 274 g/mol. The lowest BCUT2D eigenvalue weighted by Crippen LogP contribution is -2.50. The highest BCUT2D eigenvalue weighted by atomic mass is 16.5. The Hall–Kier alpha value is -1.44. The number of carbonyl (C=O) groups excluding carboxylic acids is 1. The topological polar surface area (TPSA) is 79.0 Å². The van der Waals surface area contributed by atoms with Gasteiger partial charge in [-0.3, -0.25) is 9.69 Å². The molecular formula is C14H23N3O4. The minimum absolute atomic E-state index is 0.0960. The fourth-order valence-corrected chi connectivity index (χ4v) is 2.37. The lowest BCUT2D eigenvalue weighted by Gasteiger charge is -2.35. The molecule has 1 atom stereocenters. The SMILES string of the molecule is CCOC[C@@H](O)CN1CCN(C(=O)c2cc(C)on2)CC1. The van der Waals surface area contributed by atoms with E-state index in [0.29, 0.717) is 44.3 Å². The van der Waals surface area contributed by atoms with Crippen molar-refractivity contribution in [3.8, 4) is 0 Å². The van der Waals surface area contributed by atoms with Gasteiger partial charge in [-0.05, 0) is 13.8 Å². The molecule has 1 aliphatic heterocycles. The second-order valence-corrected chi connectivity index (χ2v) is 5.23. The molecule has 1 amide bonds. The van der Waals surface area contributed by atoms with Gasteiger partial charge in [0.15, 0.2) is 5.69 Å². The Bertz CT molecular complexity index is 455. The molecule has 2 heterocycles. The van der Waals surface area contributed by atoms with Gasteiger partial charge in [-0.15, -0.1) is 0 Å². The first-order chi connectivity index (χ1) is 10.1. The van der Waals surface area contributed by atoms with E-state index in [2.05, 4.69) is 10.1 Å². The van der Waals surface area contributed by atoms with E-state index in [4.69, 9.17) is 9.26 Å². The van der Waals surface area contributed by atoms with Crippen molar-refractivity contribution in [3.63, 3.8) is 0 Å². The zero-order chi connectivity index (χ0) is 15.2. The number of nitrogens with zero attached hydrogens (tertiary/aromatic N) is 3. The van der Waals surface area contributed by atoms with E-state index in [1.165, 1.54) is 0 Å². The van der Waals surface area contributed by atoms with E-state index in [1.807, 2.05) is 6.92 Å². The number of hydrogen-bond donors (Lipinski definition) is 1. The van der Waals surface area contributed by atoms with E-state index in [1.54, 1.807) is 17.9 Å². The fourth-order valence-electron chi connectivity index (χ4n) is 2.37. The molecule has 118 valence electrons. The van der Waals surface area contributed by atoms with Gasteiger partial charge in [0, 0.05) is 45.4 Å². The van der Waals surface area contributed by atoms with E-state index in [0.717, 1.165) is 13.1 Å². The maximum absolute atomic E-state index is 12.2. The highest BCUT2D eigenvalue weighted by Crippen LogP contribution is 2.09. The molecule has 7 nitrogen and oxygen atoms in total. The van der Waals surface area contributed by atoms with Crippen LogP contribution in [0, 0.1) is 6.92 Å². The molecule has 7 heteroatoms. The normalized spacial score (nSPS) is 18.0. The van der Waals surface area contributed by atoms with E-state index < -0.39 is 6.10 Å². The number of piperazine rings is 1. The second-order valence-electron chi connectivity index (χ2n) is 5.23. The van der Waals surface area contributed by atoms with Crippen LogP contribution < -0.4 is 0 Å². The van der Waals surface area contributed by atoms with Gasteiger partial charge in [-0.1, -0.05) is 5.16 Å². The maximum atomic E-state index is 12.2. The molecule has 1 aliphatic rings. The second kappa shape index (κ2) is 7.53. The molecule has 1 aromatic heterocycles. The Kier molecular flexibility index (Phi) is 5.72. The van der Waals surface area contributed by atoms with Crippen molar-refractivity contribution < 1.29 is 19.2 Å². The van der Waals surface area contributed by atoms with Crippen molar-refractivity contribution >= 4 is 5.91 Å². The Balaban J connectivity index is 1.76. The lowest BCUT2D eigenvalue weighted by atomic mass is 10.2. The van der Waals surface area contributed by atoms with Gasteiger partial charge in [0.25, 0.3) is 5.91 Å². The third-order valence-corrected chi connectivity index (χ3v) is 3.49. The summed E-state index contributed by atoms with van der Waals surface area (Å²) in [6.45, 7) is 7.95. The van der Waals surface area contributed by atoms with Gasteiger partial charge in [-0.2, -0.15) is 0 Å². The summed E-state index contributed by atoms with van der Waals surface area (Å²) in [4.78, 5) is 16.1. The van der Waals surface area contributed by atoms with Crippen molar-refractivity contribution in [2.45, 2.75) is 20.0 Å². The number of rotatable bonds is 6. The van der Waals surface area contributed by atoms with Crippen LogP contribution in [0.15, 0.2) is 10.6 Å². The van der Waals surface area contributed by atoms with Crippen LogP contribution in [0.3, 0.4) is 0 Å². The number of carbonyl (C=O) groups is 1. The van der Waals surface area contributed by atoms with Crippen LogP contribution in [0.4, 0.5) is 0 Å². The van der Waals surface area contributed by atoms with E-state index >= 15 is 0 Å². The highest BCUT2D eigenvalue weighted by molar-refractivity contribution is 5.92. The summed E-state index contributed by atoms with van der Waals surface area (Å²) in [5.41, 5.74) is 0.359. The molecule has 0 unspecified atom stereocenters. The van der Waals surface area contributed by atoms with Crippen LogP contribution in [0.2, 0.25) is 0 Å². The average Bonchev–Trinajstić information content (AvgIpc) is 2.92. The molecule has 0 bridgehead atoms. The van der Waals surface area contributed by atoms with Crippen molar-refractivity contribution in [2.24, 2.45) is 0 Å². The molecule has 21 heavy (non-hydrogen) atoms. The van der Waals surface area contributed by atoms with Gasteiger partial charge < -0.3 is 19.3 Å². The monoisotopic (exact) mass is 297 g/mol. The Labute approximate surface area is 124 Å². The predicted molar refractivity (Wildman–Crippen MR) is 76.1 cm³/mol. The first-order valence-electron chi connectivity index (χ1n) is 7.31. The summed E-state index contributed by atoms with van der Waals surface area (Å²) in [5, 5.41) is 13.6. The summed E-state index contributed by atoms with van der Waals surface area (Å²) in [5.74, 6) is 0.539. The number of amides is 1. The minimum atomic E-state index is -0.481. The molecule has 0 saturated carbocycles. The van der Waals surface area contributed by atoms with Crippen molar-refractivity contribution in [2.75, 3.05) is 45.9 Å². The molecule has 1 fully saturated rings. The van der Waals surface area contributed by atoms with Crippen LogP contribution in [0.25, 0.3) is 0 Å². The van der Waals surface area contributed by atoms with Crippen LogP contribution >= 0.6 is 0 Å². The third kappa shape index (κ3) is 4.52. The number of ether oxygens (including phenoxy) is 1. The van der Waals surface area contributed by atoms with Crippen molar-refractivity contribution in [1.82, 2.24) is 15.0 Å². The van der Waals surface area contributed by atoms with Gasteiger partial charge in [0.2, 0.25) is 0 Å². The molecule has 1 aromatic rings. The lowest BCUT2D eigenvalue weighted by molar-refractivity contribution is 0.0110. The van der Waals surface area contributed by atoms with Crippen molar-refractivity contribution in [1.29, 1.82) is 0 Å². The molecule has 0 aliphatic carbocycles. The Morgan fingerprint density at radius 3 is 2.76 bits per heavy atom. The van der Waals surface area contributed by atoms with Crippen LogP contribution in [0.5, 0.6) is 0 Å². The first kappa shape index (κ1) is 15.9. The third-order valence-electron chi connectivity index (χ3n) is 3.49. The highest BCUT2D eigenvalue weighted by Gasteiger charge is 2.25. The number of aromatic nitrogens is 1. The zero-order valence-corrected chi connectivity index (χ0v) is 12.6.